The second-order valence-electron chi connectivity index (χ2n) is 2.06. The third-order valence-electron chi connectivity index (χ3n) is 1.30. The Morgan fingerprint density at radius 1 is 1.33 bits per heavy atom. The summed E-state index contributed by atoms with van der Waals surface area (Å²) in [6.07, 6.45) is 0. The van der Waals surface area contributed by atoms with Gasteiger partial charge in [0.05, 0.1) is 0 Å². The van der Waals surface area contributed by atoms with Gasteiger partial charge in [0.1, 0.15) is 0 Å². The summed E-state index contributed by atoms with van der Waals surface area (Å²) in [7, 11) is 0. The zero-order valence-corrected chi connectivity index (χ0v) is 8.83. The normalized spacial score (nSPS) is 10.4. The largest absolute Gasteiger partial charge is 0.151 e. The van der Waals surface area contributed by atoms with Crippen LogP contribution in [0.2, 0.25) is 0 Å². The molecule has 0 aliphatic heterocycles. The standard InChI is InChI=1S/C9H8S3/c10-5-6-12-9-4-2-1-3-8(9)7-11/h1-7,10H. The topological polar surface area (TPSA) is 0 Å². The Morgan fingerprint density at radius 2 is 2.08 bits per heavy atom. The van der Waals surface area contributed by atoms with Crippen molar-refractivity contribution in [3.8, 4) is 0 Å². The van der Waals surface area contributed by atoms with Crippen LogP contribution in [0.5, 0.6) is 0 Å². The summed E-state index contributed by atoms with van der Waals surface area (Å²) in [4.78, 5) is 1.16. The highest BCUT2D eigenvalue weighted by molar-refractivity contribution is 8.02. The predicted molar refractivity (Wildman–Crippen MR) is 63.2 cm³/mol. The van der Waals surface area contributed by atoms with Crippen molar-refractivity contribution in [2.45, 2.75) is 4.90 Å². The SMILES string of the molecule is S=Cc1ccccc1SC=CS. The van der Waals surface area contributed by atoms with Crippen LogP contribution in [0.4, 0.5) is 0 Å². The van der Waals surface area contributed by atoms with Crippen LogP contribution in [0.15, 0.2) is 40.0 Å². The minimum Gasteiger partial charge on any atom is -0.151 e. The molecule has 0 amide bonds. The van der Waals surface area contributed by atoms with Gasteiger partial charge in [-0.1, -0.05) is 42.2 Å². The molecule has 1 aromatic rings. The molecule has 0 unspecified atom stereocenters. The molecule has 0 aliphatic carbocycles. The molecule has 62 valence electrons. The smallest absolute Gasteiger partial charge is 0.0197 e. The first-order valence-corrected chi connectivity index (χ1v) is 5.25. The van der Waals surface area contributed by atoms with Gasteiger partial charge in [-0.05, 0) is 22.4 Å². The number of thiol groups is 1. The molecule has 3 heteroatoms. The monoisotopic (exact) mass is 212 g/mol. The molecule has 0 N–H and O–H groups in total. The van der Waals surface area contributed by atoms with Crippen LogP contribution in [-0.4, -0.2) is 5.37 Å². The van der Waals surface area contributed by atoms with Crippen molar-refractivity contribution in [2.75, 3.05) is 0 Å². The molecule has 0 bridgehead atoms. The number of rotatable bonds is 3. The fraction of sp³-hybridized carbons (Fsp3) is 0. The maximum atomic E-state index is 4.87. The van der Waals surface area contributed by atoms with Crippen molar-refractivity contribution >= 4 is 42.0 Å². The average Bonchev–Trinajstić information content (AvgIpc) is 2.15. The molecule has 1 rings (SSSR count). The highest BCUT2D eigenvalue weighted by Crippen LogP contribution is 2.22. The van der Waals surface area contributed by atoms with E-state index in [0.717, 1.165) is 10.5 Å². The Balaban J connectivity index is 2.89. The second-order valence-corrected chi connectivity index (χ2v) is 3.54. The highest BCUT2D eigenvalue weighted by Gasteiger charge is 1.95. The molecule has 0 heterocycles. The van der Waals surface area contributed by atoms with Gasteiger partial charge in [0, 0.05) is 10.3 Å². The Labute approximate surface area is 87.5 Å². The summed E-state index contributed by atoms with van der Waals surface area (Å²) in [5.41, 5.74) is 1.09. The minimum absolute atomic E-state index is 1.09. The quantitative estimate of drug-likeness (QED) is 0.462. The van der Waals surface area contributed by atoms with E-state index in [9.17, 15) is 0 Å². The van der Waals surface area contributed by atoms with Gasteiger partial charge in [0.25, 0.3) is 0 Å². The summed E-state index contributed by atoms with van der Waals surface area (Å²) in [5, 5.41) is 5.32. The lowest BCUT2D eigenvalue weighted by Crippen LogP contribution is -1.80. The maximum Gasteiger partial charge on any atom is 0.0197 e. The van der Waals surface area contributed by atoms with Crippen LogP contribution in [0, 0.1) is 0 Å². The van der Waals surface area contributed by atoms with Gasteiger partial charge in [-0.2, -0.15) is 12.6 Å². The second kappa shape index (κ2) is 5.41. The van der Waals surface area contributed by atoms with Crippen molar-refractivity contribution in [3.63, 3.8) is 0 Å². The molecule has 0 aromatic heterocycles. The number of hydrogen-bond donors (Lipinski definition) is 1. The molecule has 0 atom stereocenters. The average molecular weight is 212 g/mol. The summed E-state index contributed by atoms with van der Waals surface area (Å²) in [6.45, 7) is 0. The van der Waals surface area contributed by atoms with E-state index in [2.05, 4.69) is 12.6 Å². The Hall–Kier alpha value is -0.250. The summed E-state index contributed by atoms with van der Waals surface area (Å²) >= 11 is 10.5. The third kappa shape index (κ3) is 2.66. The van der Waals surface area contributed by atoms with Crippen LogP contribution in [-0.2, 0) is 0 Å². The van der Waals surface area contributed by atoms with Crippen LogP contribution >= 0.6 is 36.6 Å². The third-order valence-corrected chi connectivity index (χ3v) is 2.80. The van der Waals surface area contributed by atoms with E-state index < -0.39 is 0 Å². The number of thiocarbonyl (C=S) groups is 1. The van der Waals surface area contributed by atoms with Gasteiger partial charge in [-0.15, -0.1) is 0 Å². The van der Waals surface area contributed by atoms with Gasteiger partial charge in [-0.25, -0.2) is 0 Å². The van der Waals surface area contributed by atoms with E-state index in [4.69, 9.17) is 12.2 Å². The van der Waals surface area contributed by atoms with Crippen molar-refractivity contribution in [1.82, 2.24) is 0 Å². The molecule has 1 aromatic carbocycles. The van der Waals surface area contributed by atoms with Gasteiger partial charge >= 0.3 is 0 Å². The zero-order chi connectivity index (χ0) is 8.81. The van der Waals surface area contributed by atoms with Crippen molar-refractivity contribution in [1.29, 1.82) is 0 Å². The van der Waals surface area contributed by atoms with Crippen LogP contribution in [0.3, 0.4) is 0 Å². The van der Waals surface area contributed by atoms with Gasteiger partial charge in [0.2, 0.25) is 0 Å². The fourth-order valence-corrected chi connectivity index (χ4v) is 1.88. The van der Waals surface area contributed by atoms with Gasteiger partial charge in [0.15, 0.2) is 0 Å². The number of benzene rings is 1. The minimum atomic E-state index is 1.09. The molecular formula is C9H8S3. The first-order chi connectivity index (χ1) is 5.88. The summed E-state index contributed by atoms with van der Waals surface area (Å²) in [6, 6.07) is 8.02. The first-order valence-electron chi connectivity index (χ1n) is 3.38. The van der Waals surface area contributed by atoms with Crippen LogP contribution in [0.1, 0.15) is 5.56 Å². The Bertz CT molecular complexity index is 292. The predicted octanol–water partition coefficient (Wildman–Crippen LogP) is 3.53. The molecule has 0 saturated heterocycles. The summed E-state index contributed by atoms with van der Waals surface area (Å²) < 4.78 is 0. The molecule has 0 radical (unpaired) electrons. The number of thioether (sulfide) groups is 1. The lowest BCUT2D eigenvalue weighted by atomic mass is 10.2. The van der Waals surface area contributed by atoms with Crippen molar-refractivity contribution < 1.29 is 0 Å². The maximum absolute atomic E-state index is 4.87. The van der Waals surface area contributed by atoms with Gasteiger partial charge < -0.3 is 0 Å². The molecule has 0 nitrogen and oxygen atoms in total. The first kappa shape index (κ1) is 9.84. The van der Waals surface area contributed by atoms with E-state index in [1.165, 1.54) is 0 Å². The van der Waals surface area contributed by atoms with Crippen LogP contribution < -0.4 is 0 Å². The highest BCUT2D eigenvalue weighted by atomic mass is 32.2. The molecule has 0 spiro atoms. The van der Waals surface area contributed by atoms with Gasteiger partial charge in [-0.3, -0.25) is 0 Å². The Kier molecular flexibility index (Phi) is 4.43. The summed E-state index contributed by atoms with van der Waals surface area (Å²) in [5.74, 6) is 0. The zero-order valence-electron chi connectivity index (χ0n) is 6.31. The molecular weight excluding hydrogens is 204 g/mol. The lowest BCUT2D eigenvalue weighted by molar-refractivity contribution is 1.45. The van der Waals surface area contributed by atoms with E-state index in [1.807, 2.05) is 29.7 Å². The molecule has 0 fully saturated rings. The van der Waals surface area contributed by atoms with Crippen LogP contribution in [0.25, 0.3) is 0 Å². The van der Waals surface area contributed by atoms with E-state index in [0.29, 0.717) is 0 Å². The fourth-order valence-electron chi connectivity index (χ4n) is 0.789. The van der Waals surface area contributed by atoms with Crippen molar-refractivity contribution in [2.24, 2.45) is 0 Å². The molecule has 0 saturated carbocycles. The molecule has 0 aliphatic rings. The van der Waals surface area contributed by atoms with E-state index in [-0.39, 0.29) is 0 Å². The number of hydrogen-bond acceptors (Lipinski definition) is 3. The van der Waals surface area contributed by atoms with Crippen molar-refractivity contribution in [3.05, 3.63) is 40.6 Å². The lowest BCUT2D eigenvalue weighted by Gasteiger charge is -1.99. The van der Waals surface area contributed by atoms with E-state index in [1.54, 1.807) is 22.5 Å². The molecule has 12 heavy (non-hydrogen) atoms. The van der Waals surface area contributed by atoms with E-state index >= 15 is 0 Å². The Morgan fingerprint density at radius 3 is 2.75 bits per heavy atom.